The van der Waals surface area contributed by atoms with Gasteiger partial charge in [-0.1, -0.05) is 30.2 Å². The predicted molar refractivity (Wildman–Crippen MR) is 68.5 cm³/mol. The molecule has 94 valence electrons. The van der Waals surface area contributed by atoms with Crippen molar-refractivity contribution in [1.29, 1.82) is 0 Å². The molecule has 0 amide bonds. The second-order valence-corrected chi connectivity index (χ2v) is 5.51. The molecule has 2 heteroatoms. The maximum atomic E-state index is 11.7. The SMILES string of the molecule is C/C1=C\CC2C(C/C(C)=C/CC1)OC(=O)C2C. The van der Waals surface area contributed by atoms with Gasteiger partial charge in [0.05, 0.1) is 5.92 Å². The lowest BCUT2D eigenvalue weighted by Gasteiger charge is -2.19. The van der Waals surface area contributed by atoms with Gasteiger partial charge in [0.15, 0.2) is 0 Å². The van der Waals surface area contributed by atoms with Gasteiger partial charge in [0.1, 0.15) is 6.10 Å². The summed E-state index contributed by atoms with van der Waals surface area (Å²) in [6, 6.07) is 0. The molecule has 0 spiro atoms. The lowest BCUT2D eigenvalue weighted by molar-refractivity contribution is -0.143. The van der Waals surface area contributed by atoms with Crippen LogP contribution in [0.1, 0.15) is 46.5 Å². The molecule has 0 saturated carbocycles. The number of allylic oxidation sites excluding steroid dienone is 3. The van der Waals surface area contributed by atoms with E-state index in [2.05, 4.69) is 26.0 Å². The van der Waals surface area contributed by atoms with Crippen molar-refractivity contribution in [3.8, 4) is 0 Å². The molecule has 0 aromatic heterocycles. The quantitative estimate of drug-likeness (QED) is 0.472. The van der Waals surface area contributed by atoms with Crippen molar-refractivity contribution in [3.63, 3.8) is 0 Å². The lowest BCUT2D eigenvalue weighted by atomic mass is 9.84. The summed E-state index contributed by atoms with van der Waals surface area (Å²) in [6.45, 7) is 6.33. The van der Waals surface area contributed by atoms with Crippen molar-refractivity contribution < 1.29 is 9.53 Å². The Morgan fingerprint density at radius 1 is 1.24 bits per heavy atom. The Bertz CT molecular complexity index is 365. The van der Waals surface area contributed by atoms with Crippen LogP contribution in [-0.2, 0) is 9.53 Å². The molecule has 1 saturated heterocycles. The summed E-state index contributed by atoms with van der Waals surface area (Å²) in [4.78, 5) is 11.7. The first-order valence-corrected chi connectivity index (χ1v) is 6.59. The van der Waals surface area contributed by atoms with Crippen molar-refractivity contribution in [2.24, 2.45) is 11.8 Å². The molecule has 1 fully saturated rings. The summed E-state index contributed by atoms with van der Waals surface area (Å²) >= 11 is 0. The minimum atomic E-state index is -0.0156. The third-order valence-corrected chi connectivity index (χ3v) is 4.05. The van der Waals surface area contributed by atoms with Crippen LogP contribution < -0.4 is 0 Å². The van der Waals surface area contributed by atoms with Crippen LogP contribution in [0.5, 0.6) is 0 Å². The number of esters is 1. The van der Waals surface area contributed by atoms with E-state index in [1.165, 1.54) is 11.1 Å². The molecule has 0 aromatic rings. The van der Waals surface area contributed by atoms with Crippen molar-refractivity contribution in [3.05, 3.63) is 23.3 Å². The van der Waals surface area contributed by atoms with E-state index in [4.69, 9.17) is 4.74 Å². The van der Waals surface area contributed by atoms with Gasteiger partial charge in [-0.2, -0.15) is 0 Å². The minimum Gasteiger partial charge on any atom is -0.461 e. The zero-order chi connectivity index (χ0) is 12.4. The molecule has 3 atom stereocenters. The molecule has 1 aliphatic heterocycles. The average Bonchev–Trinajstić information content (AvgIpc) is 2.52. The Morgan fingerprint density at radius 3 is 2.76 bits per heavy atom. The summed E-state index contributed by atoms with van der Waals surface area (Å²) in [5.41, 5.74) is 2.79. The number of rotatable bonds is 0. The van der Waals surface area contributed by atoms with Crippen LogP contribution in [0.25, 0.3) is 0 Å². The Kier molecular flexibility index (Phi) is 3.70. The Labute approximate surface area is 104 Å². The Morgan fingerprint density at radius 2 is 2.00 bits per heavy atom. The highest BCUT2D eigenvalue weighted by Crippen LogP contribution is 2.35. The number of carbonyl (C=O) groups excluding carboxylic acids is 1. The molecule has 17 heavy (non-hydrogen) atoms. The predicted octanol–water partition coefficient (Wildman–Crippen LogP) is 3.63. The second-order valence-electron chi connectivity index (χ2n) is 5.51. The molecule has 0 bridgehead atoms. The summed E-state index contributed by atoms with van der Waals surface area (Å²) in [6.07, 6.45) is 8.81. The van der Waals surface area contributed by atoms with Crippen LogP contribution in [0.2, 0.25) is 0 Å². The van der Waals surface area contributed by atoms with Gasteiger partial charge in [-0.15, -0.1) is 0 Å². The Balaban J connectivity index is 2.20. The maximum absolute atomic E-state index is 11.7. The van der Waals surface area contributed by atoms with Gasteiger partial charge in [-0.3, -0.25) is 4.79 Å². The highest BCUT2D eigenvalue weighted by Gasteiger charge is 2.40. The molecule has 1 heterocycles. The first-order valence-electron chi connectivity index (χ1n) is 6.59. The normalized spacial score (nSPS) is 40.6. The van der Waals surface area contributed by atoms with Crippen LogP contribution in [0.4, 0.5) is 0 Å². The van der Waals surface area contributed by atoms with E-state index in [1.54, 1.807) is 0 Å². The number of ether oxygens (including phenoxy) is 1. The number of fused-ring (bicyclic) bond motifs is 1. The molecule has 1 aliphatic carbocycles. The third kappa shape index (κ3) is 2.80. The lowest BCUT2D eigenvalue weighted by Crippen LogP contribution is -2.19. The van der Waals surface area contributed by atoms with Crippen molar-refractivity contribution in [1.82, 2.24) is 0 Å². The standard InChI is InChI=1S/C15H22O2/c1-10-5-4-6-11(2)9-14-13(8-7-10)12(3)15(16)17-14/h6-7,12-14H,4-5,8-9H2,1-3H3/b10-7+,11-6+. The van der Waals surface area contributed by atoms with Gasteiger partial charge >= 0.3 is 5.97 Å². The maximum Gasteiger partial charge on any atom is 0.309 e. The molecular weight excluding hydrogens is 212 g/mol. The van der Waals surface area contributed by atoms with Gasteiger partial charge in [0.2, 0.25) is 0 Å². The smallest absolute Gasteiger partial charge is 0.309 e. The van der Waals surface area contributed by atoms with Gasteiger partial charge in [0, 0.05) is 12.3 Å². The first kappa shape index (κ1) is 12.4. The van der Waals surface area contributed by atoms with E-state index >= 15 is 0 Å². The monoisotopic (exact) mass is 234 g/mol. The fourth-order valence-corrected chi connectivity index (χ4v) is 2.78. The molecule has 0 radical (unpaired) electrons. The number of carbonyl (C=O) groups is 1. The third-order valence-electron chi connectivity index (χ3n) is 4.05. The summed E-state index contributed by atoms with van der Waals surface area (Å²) in [5.74, 6) is 0.397. The van der Waals surface area contributed by atoms with Gasteiger partial charge in [-0.05, 0) is 33.1 Å². The second kappa shape index (κ2) is 5.07. The fourth-order valence-electron chi connectivity index (χ4n) is 2.78. The minimum absolute atomic E-state index is 0.0156. The van der Waals surface area contributed by atoms with Crippen molar-refractivity contribution in [2.75, 3.05) is 0 Å². The average molecular weight is 234 g/mol. The molecule has 2 aliphatic rings. The van der Waals surface area contributed by atoms with Gasteiger partial charge in [0.25, 0.3) is 0 Å². The highest BCUT2D eigenvalue weighted by atomic mass is 16.6. The van der Waals surface area contributed by atoms with Crippen LogP contribution in [-0.4, -0.2) is 12.1 Å². The highest BCUT2D eigenvalue weighted by molar-refractivity contribution is 5.74. The van der Waals surface area contributed by atoms with E-state index in [1.807, 2.05) is 6.92 Å². The van der Waals surface area contributed by atoms with Gasteiger partial charge in [-0.25, -0.2) is 0 Å². The topological polar surface area (TPSA) is 26.3 Å². The number of hydrogen-bond donors (Lipinski definition) is 0. The zero-order valence-corrected chi connectivity index (χ0v) is 11.0. The van der Waals surface area contributed by atoms with E-state index in [0.29, 0.717) is 5.92 Å². The van der Waals surface area contributed by atoms with Crippen LogP contribution in [0, 0.1) is 11.8 Å². The fraction of sp³-hybridized carbons (Fsp3) is 0.667. The molecular formula is C15H22O2. The van der Waals surface area contributed by atoms with E-state index < -0.39 is 0 Å². The van der Waals surface area contributed by atoms with Crippen LogP contribution in [0.3, 0.4) is 0 Å². The van der Waals surface area contributed by atoms with E-state index in [9.17, 15) is 4.79 Å². The van der Waals surface area contributed by atoms with Crippen LogP contribution in [0.15, 0.2) is 23.3 Å². The van der Waals surface area contributed by atoms with E-state index in [-0.39, 0.29) is 18.0 Å². The van der Waals surface area contributed by atoms with E-state index in [0.717, 1.165) is 25.7 Å². The first-order chi connectivity index (χ1) is 8.08. The van der Waals surface area contributed by atoms with Crippen molar-refractivity contribution in [2.45, 2.75) is 52.6 Å². The molecule has 2 nitrogen and oxygen atoms in total. The molecule has 2 rings (SSSR count). The molecule has 0 aromatic carbocycles. The van der Waals surface area contributed by atoms with Gasteiger partial charge < -0.3 is 4.74 Å². The zero-order valence-electron chi connectivity index (χ0n) is 11.0. The summed E-state index contributed by atoms with van der Waals surface area (Å²) in [5, 5.41) is 0. The summed E-state index contributed by atoms with van der Waals surface area (Å²) < 4.78 is 5.51. The van der Waals surface area contributed by atoms with Crippen LogP contribution >= 0.6 is 0 Å². The molecule has 0 N–H and O–H groups in total. The largest absolute Gasteiger partial charge is 0.461 e. The van der Waals surface area contributed by atoms with Crippen molar-refractivity contribution >= 4 is 5.97 Å². The molecule has 3 unspecified atom stereocenters. The number of hydrogen-bond acceptors (Lipinski definition) is 2. The Hall–Kier alpha value is -1.05. The summed E-state index contributed by atoms with van der Waals surface area (Å²) in [7, 11) is 0.